The van der Waals surface area contributed by atoms with Crippen LogP contribution in [0.1, 0.15) is 26.3 Å². The van der Waals surface area contributed by atoms with Gasteiger partial charge in [0.1, 0.15) is 11.3 Å². The molecule has 2 nitrogen and oxygen atoms in total. The summed E-state index contributed by atoms with van der Waals surface area (Å²) in [4.78, 5) is 0. The number of hydrogen-bond acceptors (Lipinski definition) is 2. The zero-order valence-electron chi connectivity index (χ0n) is 12.1. The van der Waals surface area contributed by atoms with Gasteiger partial charge in [-0.15, -0.1) is 0 Å². The molecule has 1 aromatic heterocycles. The van der Waals surface area contributed by atoms with Crippen molar-refractivity contribution in [2.24, 2.45) is 0 Å². The molecule has 0 spiro atoms. The summed E-state index contributed by atoms with van der Waals surface area (Å²) in [6.07, 6.45) is 0. The predicted octanol–water partition coefficient (Wildman–Crippen LogP) is 4.98. The molecule has 0 aliphatic carbocycles. The van der Waals surface area contributed by atoms with Crippen molar-refractivity contribution in [3.8, 4) is 11.3 Å². The quantitative estimate of drug-likeness (QED) is 0.630. The number of rotatable bonds is 1. The number of fused-ring (bicyclic) bond motifs is 1. The topological polar surface area (TPSA) is 39.2 Å². The van der Waals surface area contributed by atoms with Crippen molar-refractivity contribution in [2.75, 3.05) is 5.73 Å². The van der Waals surface area contributed by atoms with Crippen molar-refractivity contribution in [1.82, 2.24) is 0 Å². The van der Waals surface area contributed by atoms with Crippen molar-refractivity contribution in [3.05, 3.63) is 54.1 Å². The monoisotopic (exact) mass is 265 g/mol. The van der Waals surface area contributed by atoms with Gasteiger partial charge in [0.25, 0.3) is 0 Å². The Morgan fingerprint density at radius 3 is 2.40 bits per heavy atom. The summed E-state index contributed by atoms with van der Waals surface area (Å²) in [6, 6.07) is 16.2. The second-order valence-corrected chi connectivity index (χ2v) is 6.20. The highest BCUT2D eigenvalue weighted by atomic mass is 16.3. The number of benzene rings is 2. The molecular weight excluding hydrogens is 246 g/mol. The van der Waals surface area contributed by atoms with Crippen LogP contribution in [0.5, 0.6) is 0 Å². The SMILES string of the molecule is CC(C)(C)c1ccc(N)c(-c2cc3ccccc3o2)c1. The van der Waals surface area contributed by atoms with Crippen LogP contribution in [-0.4, -0.2) is 0 Å². The minimum atomic E-state index is 0.0917. The van der Waals surface area contributed by atoms with Crippen LogP contribution < -0.4 is 5.73 Å². The largest absolute Gasteiger partial charge is 0.456 e. The molecule has 0 atom stereocenters. The van der Waals surface area contributed by atoms with E-state index < -0.39 is 0 Å². The van der Waals surface area contributed by atoms with E-state index in [2.05, 4.69) is 32.9 Å². The van der Waals surface area contributed by atoms with Crippen LogP contribution >= 0.6 is 0 Å². The Balaban J connectivity index is 2.17. The average Bonchev–Trinajstić information content (AvgIpc) is 2.81. The second kappa shape index (κ2) is 4.41. The lowest BCUT2D eigenvalue weighted by Gasteiger charge is -2.20. The number of nitrogen functional groups attached to an aromatic ring is 1. The standard InChI is InChI=1S/C18H19NO/c1-18(2,3)13-8-9-15(19)14(11-13)17-10-12-6-4-5-7-16(12)20-17/h4-11H,19H2,1-3H3. The zero-order chi connectivity index (χ0) is 14.3. The van der Waals surface area contributed by atoms with E-state index in [-0.39, 0.29) is 5.41 Å². The molecular formula is C18H19NO. The van der Waals surface area contributed by atoms with E-state index >= 15 is 0 Å². The fraction of sp³-hybridized carbons (Fsp3) is 0.222. The molecule has 0 saturated carbocycles. The van der Waals surface area contributed by atoms with Crippen molar-refractivity contribution >= 4 is 16.7 Å². The van der Waals surface area contributed by atoms with Gasteiger partial charge in [-0.3, -0.25) is 0 Å². The van der Waals surface area contributed by atoms with Gasteiger partial charge in [-0.2, -0.15) is 0 Å². The predicted molar refractivity (Wildman–Crippen MR) is 84.8 cm³/mol. The fourth-order valence-electron chi connectivity index (χ4n) is 2.35. The molecule has 20 heavy (non-hydrogen) atoms. The molecule has 0 amide bonds. The summed E-state index contributed by atoms with van der Waals surface area (Å²) in [5.41, 5.74) is 10.1. The average molecular weight is 265 g/mol. The van der Waals surface area contributed by atoms with Crippen LogP contribution in [0.15, 0.2) is 52.9 Å². The molecule has 3 aromatic rings. The van der Waals surface area contributed by atoms with Crippen LogP contribution in [0.4, 0.5) is 5.69 Å². The van der Waals surface area contributed by atoms with E-state index in [1.807, 2.05) is 36.4 Å². The first-order chi connectivity index (χ1) is 9.45. The van der Waals surface area contributed by atoms with Crippen LogP contribution in [0.25, 0.3) is 22.3 Å². The summed E-state index contributed by atoms with van der Waals surface area (Å²) in [6.45, 7) is 6.59. The summed E-state index contributed by atoms with van der Waals surface area (Å²) in [5, 5.41) is 1.10. The van der Waals surface area contributed by atoms with E-state index in [0.717, 1.165) is 28.0 Å². The summed E-state index contributed by atoms with van der Waals surface area (Å²) < 4.78 is 5.92. The number of hydrogen-bond donors (Lipinski definition) is 1. The van der Waals surface area contributed by atoms with E-state index in [9.17, 15) is 0 Å². The fourth-order valence-corrected chi connectivity index (χ4v) is 2.35. The van der Waals surface area contributed by atoms with Crippen molar-refractivity contribution in [2.45, 2.75) is 26.2 Å². The first kappa shape index (κ1) is 12.8. The molecule has 0 bridgehead atoms. The molecule has 0 unspecified atom stereocenters. The molecule has 2 heteroatoms. The van der Waals surface area contributed by atoms with Crippen LogP contribution in [-0.2, 0) is 5.41 Å². The highest BCUT2D eigenvalue weighted by Gasteiger charge is 2.17. The number of nitrogens with two attached hydrogens (primary N) is 1. The van der Waals surface area contributed by atoms with Gasteiger partial charge in [0, 0.05) is 16.6 Å². The number of furan rings is 1. The third kappa shape index (κ3) is 2.18. The lowest BCUT2D eigenvalue weighted by Crippen LogP contribution is -2.11. The Hall–Kier alpha value is -2.22. The van der Waals surface area contributed by atoms with Crippen LogP contribution in [0.2, 0.25) is 0 Å². The van der Waals surface area contributed by atoms with Gasteiger partial charge in [-0.1, -0.05) is 45.0 Å². The molecule has 1 heterocycles. The van der Waals surface area contributed by atoms with Crippen LogP contribution in [0, 0.1) is 0 Å². The maximum atomic E-state index is 6.13. The first-order valence-corrected chi connectivity index (χ1v) is 6.84. The molecule has 0 radical (unpaired) electrons. The van der Waals surface area contributed by atoms with Gasteiger partial charge >= 0.3 is 0 Å². The van der Waals surface area contributed by atoms with Gasteiger partial charge < -0.3 is 10.2 Å². The molecule has 0 saturated heterocycles. The van der Waals surface area contributed by atoms with Crippen molar-refractivity contribution in [1.29, 1.82) is 0 Å². The maximum absolute atomic E-state index is 6.13. The van der Waals surface area contributed by atoms with E-state index in [1.165, 1.54) is 5.56 Å². The summed E-state index contributed by atoms with van der Waals surface area (Å²) in [7, 11) is 0. The van der Waals surface area contributed by atoms with Crippen molar-refractivity contribution < 1.29 is 4.42 Å². The van der Waals surface area contributed by atoms with Gasteiger partial charge in [-0.25, -0.2) is 0 Å². The lowest BCUT2D eigenvalue weighted by atomic mass is 9.85. The number of para-hydroxylation sites is 1. The first-order valence-electron chi connectivity index (χ1n) is 6.84. The molecule has 2 aromatic carbocycles. The minimum Gasteiger partial charge on any atom is -0.456 e. The highest BCUT2D eigenvalue weighted by molar-refractivity contribution is 5.85. The van der Waals surface area contributed by atoms with E-state index in [0.29, 0.717) is 0 Å². The molecule has 0 aliphatic heterocycles. The summed E-state index contributed by atoms with van der Waals surface area (Å²) in [5.74, 6) is 0.829. The number of anilines is 1. The Morgan fingerprint density at radius 2 is 1.70 bits per heavy atom. The third-order valence-corrected chi connectivity index (χ3v) is 3.61. The normalized spacial score (nSPS) is 11.9. The highest BCUT2D eigenvalue weighted by Crippen LogP contribution is 2.34. The molecule has 3 rings (SSSR count). The molecule has 2 N–H and O–H groups in total. The minimum absolute atomic E-state index is 0.0917. The Bertz CT molecular complexity index is 729. The van der Waals surface area contributed by atoms with E-state index in [1.54, 1.807) is 0 Å². The van der Waals surface area contributed by atoms with E-state index in [4.69, 9.17) is 10.2 Å². The van der Waals surface area contributed by atoms with Gasteiger partial charge in [0.15, 0.2) is 0 Å². The lowest BCUT2D eigenvalue weighted by molar-refractivity contribution is 0.589. The zero-order valence-corrected chi connectivity index (χ0v) is 12.1. The van der Waals surface area contributed by atoms with Crippen molar-refractivity contribution in [3.63, 3.8) is 0 Å². The van der Waals surface area contributed by atoms with Gasteiger partial charge in [-0.05, 0) is 35.2 Å². The smallest absolute Gasteiger partial charge is 0.137 e. The maximum Gasteiger partial charge on any atom is 0.137 e. The summed E-state index contributed by atoms with van der Waals surface area (Å²) >= 11 is 0. The van der Waals surface area contributed by atoms with Gasteiger partial charge in [0.2, 0.25) is 0 Å². The van der Waals surface area contributed by atoms with Gasteiger partial charge in [0.05, 0.1) is 0 Å². The molecule has 0 fully saturated rings. The Labute approximate surface area is 119 Å². The molecule has 0 aliphatic rings. The Morgan fingerprint density at radius 1 is 0.950 bits per heavy atom. The second-order valence-electron chi connectivity index (χ2n) is 6.20. The van der Waals surface area contributed by atoms with Crippen LogP contribution in [0.3, 0.4) is 0 Å². The Kier molecular flexibility index (Phi) is 2.82. The molecule has 102 valence electrons. The third-order valence-electron chi connectivity index (χ3n) is 3.61.